The van der Waals surface area contributed by atoms with Crippen molar-refractivity contribution in [2.75, 3.05) is 71.5 Å². The van der Waals surface area contributed by atoms with Gasteiger partial charge < -0.3 is 24.2 Å². The number of aryl methyl sites for hydroxylation is 2. The Kier molecular flexibility index (Phi) is 9.85. The van der Waals surface area contributed by atoms with Crippen LogP contribution in [0.2, 0.25) is 0 Å². The van der Waals surface area contributed by atoms with Gasteiger partial charge in [0.15, 0.2) is 5.75 Å². The molecule has 2 rings (SSSR count). The van der Waals surface area contributed by atoms with Crippen LogP contribution in [0.15, 0.2) is 12.1 Å². The number of pyridine rings is 1. The predicted octanol–water partition coefficient (Wildman–Crippen LogP) is 4.36. The molecule has 0 aliphatic rings. The van der Waals surface area contributed by atoms with E-state index in [1.807, 2.05) is 6.92 Å². The van der Waals surface area contributed by atoms with E-state index < -0.39 is 0 Å². The number of anilines is 1. The maximum absolute atomic E-state index is 6.01. The van der Waals surface area contributed by atoms with E-state index in [0.29, 0.717) is 0 Å². The van der Waals surface area contributed by atoms with Gasteiger partial charge in [-0.3, -0.25) is 0 Å². The number of benzene rings is 1. The zero-order valence-electron chi connectivity index (χ0n) is 20.9. The van der Waals surface area contributed by atoms with Crippen LogP contribution in [0.25, 0.3) is 10.9 Å². The quantitative estimate of drug-likeness (QED) is 0.470. The van der Waals surface area contributed by atoms with Crippen LogP contribution >= 0.6 is 0 Å². The van der Waals surface area contributed by atoms with Crippen molar-refractivity contribution in [3.8, 4) is 11.5 Å². The van der Waals surface area contributed by atoms with Crippen LogP contribution < -0.4 is 14.4 Å². The summed E-state index contributed by atoms with van der Waals surface area (Å²) in [6.45, 7) is 21.2. The van der Waals surface area contributed by atoms with Gasteiger partial charge in [0.05, 0.1) is 25.3 Å². The SMILES string of the molecule is CCN(CC)CCN(CCN(CC)CC)c1cc(OC)c2nc(C)cc(C)c2c1OC. The highest BCUT2D eigenvalue weighted by Gasteiger charge is 2.22. The number of hydrogen-bond acceptors (Lipinski definition) is 6. The van der Waals surface area contributed by atoms with Gasteiger partial charge in [0, 0.05) is 37.9 Å². The molecule has 0 unspecified atom stereocenters. The van der Waals surface area contributed by atoms with E-state index >= 15 is 0 Å². The first kappa shape index (κ1) is 25.2. The van der Waals surface area contributed by atoms with Gasteiger partial charge in [0.2, 0.25) is 0 Å². The largest absolute Gasteiger partial charge is 0.494 e. The summed E-state index contributed by atoms with van der Waals surface area (Å²) in [7, 11) is 3.48. The third kappa shape index (κ3) is 6.01. The minimum absolute atomic E-state index is 0.799. The fourth-order valence-electron chi connectivity index (χ4n) is 4.24. The van der Waals surface area contributed by atoms with Crippen LogP contribution in [-0.2, 0) is 0 Å². The number of methoxy groups -OCH3 is 2. The molecule has 1 aromatic carbocycles. The van der Waals surface area contributed by atoms with Crippen molar-refractivity contribution >= 4 is 16.6 Å². The molecule has 0 aliphatic carbocycles. The summed E-state index contributed by atoms with van der Waals surface area (Å²) in [6.07, 6.45) is 0. The van der Waals surface area contributed by atoms with Gasteiger partial charge in [-0.1, -0.05) is 27.7 Å². The molecular formula is C25H42N4O2. The Morgan fingerprint density at radius 2 is 1.32 bits per heavy atom. The van der Waals surface area contributed by atoms with Gasteiger partial charge in [-0.25, -0.2) is 4.98 Å². The van der Waals surface area contributed by atoms with Gasteiger partial charge in [0.25, 0.3) is 0 Å². The highest BCUT2D eigenvalue weighted by Crippen LogP contribution is 2.42. The van der Waals surface area contributed by atoms with Gasteiger partial charge in [0.1, 0.15) is 11.3 Å². The molecular weight excluding hydrogens is 388 g/mol. The molecule has 2 aromatic rings. The molecule has 0 bridgehead atoms. The second-order valence-electron chi connectivity index (χ2n) is 7.98. The standard InChI is InChI=1S/C25H42N4O2/c1-9-27(10-2)13-15-29(16-14-28(11-3)12-4)21-18-22(30-7)24-23(25(21)31-8)19(5)17-20(6)26-24/h17-18H,9-16H2,1-8H3. The molecule has 6 nitrogen and oxygen atoms in total. The fraction of sp³-hybridized carbons (Fsp3) is 0.640. The summed E-state index contributed by atoms with van der Waals surface area (Å²) in [4.78, 5) is 12.2. The Labute approximate surface area is 189 Å². The zero-order valence-corrected chi connectivity index (χ0v) is 20.9. The highest BCUT2D eigenvalue weighted by atomic mass is 16.5. The summed E-state index contributed by atoms with van der Waals surface area (Å²) in [6, 6.07) is 4.22. The van der Waals surface area contributed by atoms with Crippen molar-refractivity contribution in [3.05, 3.63) is 23.4 Å². The van der Waals surface area contributed by atoms with E-state index in [1.54, 1.807) is 14.2 Å². The molecule has 31 heavy (non-hydrogen) atoms. The van der Waals surface area contributed by atoms with Crippen LogP contribution in [0.1, 0.15) is 39.0 Å². The Morgan fingerprint density at radius 1 is 0.774 bits per heavy atom. The lowest BCUT2D eigenvalue weighted by Gasteiger charge is -2.32. The van der Waals surface area contributed by atoms with Crippen molar-refractivity contribution in [1.29, 1.82) is 0 Å². The predicted molar refractivity (Wildman–Crippen MR) is 132 cm³/mol. The van der Waals surface area contributed by atoms with Crippen LogP contribution in [0.4, 0.5) is 5.69 Å². The van der Waals surface area contributed by atoms with E-state index in [-0.39, 0.29) is 0 Å². The molecule has 0 aliphatic heterocycles. The molecule has 0 N–H and O–H groups in total. The molecule has 174 valence electrons. The normalized spacial score (nSPS) is 11.5. The van der Waals surface area contributed by atoms with Crippen LogP contribution in [0, 0.1) is 13.8 Å². The lowest BCUT2D eigenvalue weighted by atomic mass is 10.0. The molecule has 0 atom stereocenters. The molecule has 0 saturated carbocycles. The van der Waals surface area contributed by atoms with Crippen molar-refractivity contribution in [1.82, 2.24) is 14.8 Å². The van der Waals surface area contributed by atoms with Crippen LogP contribution in [-0.4, -0.2) is 81.4 Å². The number of nitrogens with zero attached hydrogens (tertiary/aromatic N) is 4. The average Bonchev–Trinajstić information content (AvgIpc) is 2.77. The maximum Gasteiger partial charge on any atom is 0.152 e. The summed E-state index contributed by atoms with van der Waals surface area (Å²) in [5.41, 5.74) is 4.10. The molecule has 0 spiro atoms. The molecule has 6 heteroatoms. The third-order valence-corrected chi connectivity index (χ3v) is 6.23. The Hall–Kier alpha value is -2.05. The molecule has 0 amide bonds. The summed E-state index contributed by atoms with van der Waals surface area (Å²) < 4.78 is 11.8. The summed E-state index contributed by atoms with van der Waals surface area (Å²) >= 11 is 0. The van der Waals surface area contributed by atoms with E-state index in [2.05, 4.69) is 61.5 Å². The fourth-order valence-corrected chi connectivity index (χ4v) is 4.24. The lowest BCUT2D eigenvalue weighted by molar-refractivity contribution is 0.293. The van der Waals surface area contributed by atoms with Crippen molar-refractivity contribution < 1.29 is 9.47 Å². The minimum atomic E-state index is 0.799. The number of hydrogen-bond donors (Lipinski definition) is 0. The highest BCUT2D eigenvalue weighted by molar-refractivity contribution is 5.98. The van der Waals surface area contributed by atoms with Crippen LogP contribution in [0.5, 0.6) is 11.5 Å². The Balaban J connectivity index is 2.57. The van der Waals surface area contributed by atoms with Gasteiger partial charge >= 0.3 is 0 Å². The third-order valence-electron chi connectivity index (χ3n) is 6.23. The topological polar surface area (TPSA) is 41.1 Å². The number of aromatic nitrogens is 1. The number of rotatable bonds is 13. The summed E-state index contributed by atoms with van der Waals surface area (Å²) in [5.74, 6) is 1.69. The first-order valence-corrected chi connectivity index (χ1v) is 11.7. The average molecular weight is 431 g/mol. The molecule has 1 heterocycles. The maximum atomic E-state index is 6.01. The van der Waals surface area contributed by atoms with Gasteiger partial charge in [-0.15, -0.1) is 0 Å². The van der Waals surface area contributed by atoms with Crippen molar-refractivity contribution in [2.45, 2.75) is 41.5 Å². The Morgan fingerprint density at radius 3 is 1.77 bits per heavy atom. The zero-order chi connectivity index (χ0) is 23.0. The molecule has 0 radical (unpaired) electrons. The van der Waals surface area contributed by atoms with E-state index in [9.17, 15) is 0 Å². The molecule has 0 saturated heterocycles. The van der Waals surface area contributed by atoms with E-state index in [1.165, 1.54) is 0 Å². The van der Waals surface area contributed by atoms with Crippen molar-refractivity contribution in [2.24, 2.45) is 0 Å². The second-order valence-corrected chi connectivity index (χ2v) is 7.98. The van der Waals surface area contributed by atoms with Gasteiger partial charge in [-0.05, 0) is 51.7 Å². The monoisotopic (exact) mass is 430 g/mol. The van der Waals surface area contributed by atoms with Crippen LogP contribution in [0.3, 0.4) is 0 Å². The van der Waals surface area contributed by atoms with E-state index in [0.717, 1.165) is 91.7 Å². The molecule has 0 fully saturated rings. The number of fused-ring (bicyclic) bond motifs is 1. The first-order valence-electron chi connectivity index (χ1n) is 11.7. The smallest absolute Gasteiger partial charge is 0.152 e. The minimum Gasteiger partial charge on any atom is -0.494 e. The van der Waals surface area contributed by atoms with E-state index in [4.69, 9.17) is 14.5 Å². The number of likely N-dealkylation sites (N-methyl/N-ethyl adjacent to an activating group) is 2. The lowest BCUT2D eigenvalue weighted by Crippen LogP contribution is -2.40. The number of ether oxygens (including phenoxy) is 2. The summed E-state index contributed by atoms with van der Waals surface area (Å²) in [5, 5.41) is 1.04. The van der Waals surface area contributed by atoms with Crippen molar-refractivity contribution in [3.63, 3.8) is 0 Å². The first-order chi connectivity index (χ1) is 14.9. The second kappa shape index (κ2) is 12.1. The molecule has 1 aromatic heterocycles. The Bertz CT molecular complexity index is 816. The van der Waals surface area contributed by atoms with Gasteiger partial charge in [-0.2, -0.15) is 0 Å².